The average Bonchev–Trinajstić information content (AvgIpc) is 3.29. The molecule has 3 atom stereocenters. The average molecular weight is 538 g/mol. The van der Waals surface area contributed by atoms with Gasteiger partial charge >= 0.3 is 18.3 Å². The predicted molar refractivity (Wildman–Crippen MR) is 129 cm³/mol. The number of hydrogen-bond acceptors (Lipinski definition) is 4. The SMILES string of the molecule is COC(=O)c1ccccc1N[C@@H]1CC[C@H](OCc2cc(C(F)(F)F)cc(C(F)(F)F)c2)[C@H]1c1ccccc1. The molecule has 1 aliphatic rings. The molecule has 202 valence electrons. The number of para-hydroxylation sites is 1. The van der Waals surface area contributed by atoms with Gasteiger partial charge in [0.1, 0.15) is 0 Å². The molecule has 38 heavy (non-hydrogen) atoms. The molecule has 0 saturated heterocycles. The van der Waals surface area contributed by atoms with Crippen LogP contribution in [0.5, 0.6) is 0 Å². The number of esters is 1. The van der Waals surface area contributed by atoms with Crippen molar-refractivity contribution in [2.24, 2.45) is 0 Å². The third-order valence-corrected chi connectivity index (χ3v) is 6.57. The lowest BCUT2D eigenvalue weighted by Gasteiger charge is -2.28. The van der Waals surface area contributed by atoms with Gasteiger partial charge in [0.15, 0.2) is 0 Å². The van der Waals surface area contributed by atoms with Crippen LogP contribution in [0.4, 0.5) is 32.0 Å². The molecule has 0 spiro atoms. The second-order valence-corrected chi connectivity index (χ2v) is 9.07. The Balaban J connectivity index is 1.60. The quantitative estimate of drug-likeness (QED) is 0.251. The van der Waals surface area contributed by atoms with Gasteiger partial charge in [0.2, 0.25) is 0 Å². The highest BCUT2D eigenvalue weighted by Gasteiger charge is 2.40. The Bertz CT molecular complexity index is 1230. The van der Waals surface area contributed by atoms with Crippen LogP contribution in [0, 0.1) is 0 Å². The Kier molecular flexibility index (Phi) is 8.01. The Hall–Kier alpha value is -3.53. The molecular weight excluding hydrogens is 512 g/mol. The van der Waals surface area contributed by atoms with E-state index in [9.17, 15) is 31.1 Å². The zero-order valence-electron chi connectivity index (χ0n) is 20.3. The van der Waals surface area contributed by atoms with Crippen molar-refractivity contribution in [1.29, 1.82) is 0 Å². The number of carbonyl (C=O) groups is 1. The topological polar surface area (TPSA) is 47.6 Å². The molecule has 1 N–H and O–H groups in total. The van der Waals surface area contributed by atoms with Gasteiger partial charge in [-0.1, -0.05) is 42.5 Å². The maximum atomic E-state index is 13.3. The van der Waals surface area contributed by atoms with Crippen molar-refractivity contribution in [3.05, 3.63) is 101 Å². The molecule has 4 rings (SSSR count). The van der Waals surface area contributed by atoms with Crippen LogP contribution in [-0.4, -0.2) is 25.2 Å². The summed E-state index contributed by atoms with van der Waals surface area (Å²) in [6, 6.07) is 17.4. The van der Waals surface area contributed by atoms with Gasteiger partial charge in [-0.2, -0.15) is 26.3 Å². The first-order valence-electron chi connectivity index (χ1n) is 11.9. The second kappa shape index (κ2) is 11.1. The van der Waals surface area contributed by atoms with Crippen molar-refractivity contribution in [2.45, 2.75) is 49.9 Å². The monoisotopic (exact) mass is 537 g/mol. The van der Waals surface area contributed by atoms with Crippen LogP contribution < -0.4 is 5.32 Å². The van der Waals surface area contributed by atoms with E-state index < -0.39 is 42.2 Å². The Morgan fingerprint density at radius 3 is 2.08 bits per heavy atom. The fourth-order valence-electron chi connectivity index (χ4n) is 4.84. The number of halogens is 6. The van der Waals surface area contributed by atoms with Crippen LogP contribution in [0.2, 0.25) is 0 Å². The van der Waals surface area contributed by atoms with Crippen LogP contribution in [0.25, 0.3) is 0 Å². The Labute approximate surface area is 215 Å². The summed E-state index contributed by atoms with van der Waals surface area (Å²) in [6.45, 7) is -0.424. The van der Waals surface area contributed by atoms with Crippen LogP contribution in [0.1, 0.15) is 51.4 Å². The van der Waals surface area contributed by atoms with Gasteiger partial charge in [0.25, 0.3) is 0 Å². The van der Waals surface area contributed by atoms with E-state index in [2.05, 4.69) is 5.32 Å². The number of rotatable bonds is 7. The zero-order valence-corrected chi connectivity index (χ0v) is 20.3. The van der Waals surface area contributed by atoms with E-state index in [-0.39, 0.29) is 23.6 Å². The summed E-state index contributed by atoms with van der Waals surface area (Å²) in [5.41, 5.74) is -1.19. The normalized spacial score (nSPS) is 19.8. The van der Waals surface area contributed by atoms with Gasteiger partial charge in [0.05, 0.1) is 36.5 Å². The van der Waals surface area contributed by atoms with Crippen LogP contribution >= 0.6 is 0 Å². The molecule has 0 radical (unpaired) electrons. The molecule has 0 unspecified atom stereocenters. The molecule has 0 bridgehead atoms. The number of alkyl halides is 6. The minimum atomic E-state index is -4.93. The lowest BCUT2D eigenvalue weighted by molar-refractivity contribution is -0.143. The maximum Gasteiger partial charge on any atom is 0.416 e. The van der Waals surface area contributed by atoms with Crippen LogP contribution in [-0.2, 0) is 28.4 Å². The first-order chi connectivity index (χ1) is 18.0. The third-order valence-electron chi connectivity index (χ3n) is 6.57. The smallest absolute Gasteiger partial charge is 0.416 e. The van der Waals surface area contributed by atoms with Gasteiger partial charge in [-0.05, 0) is 54.3 Å². The van der Waals surface area contributed by atoms with E-state index in [1.807, 2.05) is 30.3 Å². The van der Waals surface area contributed by atoms with Gasteiger partial charge < -0.3 is 14.8 Å². The molecule has 0 aliphatic heterocycles. The van der Waals surface area contributed by atoms with Crippen molar-refractivity contribution in [3.63, 3.8) is 0 Å². The van der Waals surface area contributed by atoms with Crippen LogP contribution in [0.3, 0.4) is 0 Å². The first kappa shape index (κ1) is 27.5. The predicted octanol–water partition coefficient (Wildman–Crippen LogP) is 7.45. The molecule has 3 aromatic carbocycles. The highest BCUT2D eigenvalue weighted by Crippen LogP contribution is 2.41. The molecule has 3 aromatic rings. The van der Waals surface area contributed by atoms with E-state index in [1.54, 1.807) is 24.3 Å². The summed E-state index contributed by atoms with van der Waals surface area (Å²) in [5.74, 6) is -0.796. The number of benzene rings is 3. The molecule has 0 amide bonds. The largest absolute Gasteiger partial charge is 0.465 e. The molecule has 0 heterocycles. The molecule has 1 saturated carbocycles. The number of carbonyl (C=O) groups excluding carboxylic acids is 1. The summed E-state index contributed by atoms with van der Waals surface area (Å²) in [6.07, 6.45) is -9.27. The Morgan fingerprint density at radius 1 is 0.868 bits per heavy atom. The lowest BCUT2D eigenvalue weighted by Crippen LogP contribution is -2.29. The second-order valence-electron chi connectivity index (χ2n) is 9.07. The van der Waals surface area contributed by atoms with E-state index in [0.29, 0.717) is 36.2 Å². The van der Waals surface area contributed by atoms with Crippen molar-refractivity contribution < 1.29 is 40.6 Å². The molecule has 4 nitrogen and oxygen atoms in total. The fraction of sp³-hybridized carbons (Fsp3) is 0.321. The minimum absolute atomic E-state index is 0.102. The number of nitrogens with one attached hydrogen (secondary N) is 1. The number of anilines is 1. The lowest BCUT2D eigenvalue weighted by atomic mass is 9.92. The summed E-state index contributed by atoms with van der Waals surface area (Å²) in [4.78, 5) is 12.2. The van der Waals surface area contributed by atoms with E-state index in [4.69, 9.17) is 9.47 Å². The van der Waals surface area contributed by atoms with Gasteiger partial charge in [-0.3, -0.25) is 0 Å². The summed E-state index contributed by atoms with van der Waals surface area (Å²) >= 11 is 0. The van der Waals surface area contributed by atoms with Crippen molar-refractivity contribution in [2.75, 3.05) is 12.4 Å². The van der Waals surface area contributed by atoms with E-state index in [0.717, 1.165) is 5.56 Å². The van der Waals surface area contributed by atoms with Gasteiger partial charge in [-0.25, -0.2) is 4.79 Å². The van der Waals surface area contributed by atoms with Crippen molar-refractivity contribution in [3.8, 4) is 0 Å². The highest BCUT2D eigenvalue weighted by atomic mass is 19.4. The summed E-state index contributed by atoms with van der Waals surface area (Å²) < 4.78 is 90.6. The maximum absolute atomic E-state index is 13.3. The first-order valence-corrected chi connectivity index (χ1v) is 11.9. The molecule has 1 aliphatic carbocycles. The number of hydrogen-bond donors (Lipinski definition) is 1. The molecular formula is C28H25F6NO3. The van der Waals surface area contributed by atoms with Gasteiger partial charge in [0, 0.05) is 17.6 Å². The van der Waals surface area contributed by atoms with E-state index >= 15 is 0 Å². The summed E-state index contributed by atoms with van der Waals surface area (Å²) in [5, 5.41) is 3.38. The Morgan fingerprint density at radius 2 is 1.47 bits per heavy atom. The zero-order chi connectivity index (χ0) is 27.5. The molecule has 1 fully saturated rings. The highest BCUT2D eigenvalue weighted by molar-refractivity contribution is 5.95. The standard InChI is InChI=1S/C28H25F6NO3/c1-37-26(36)21-9-5-6-10-22(21)35-23-11-12-24(25(23)18-7-3-2-4-8-18)38-16-17-13-19(27(29,30)31)15-20(14-17)28(32,33)34/h2-10,13-15,23-25,35H,11-12,16H2,1H3/t23-,24+,25+/m1/s1. The van der Waals surface area contributed by atoms with Crippen molar-refractivity contribution >= 4 is 11.7 Å². The van der Waals surface area contributed by atoms with Crippen molar-refractivity contribution in [1.82, 2.24) is 0 Å². The fourth-order valence-corrected chi connectivity index (χ4v) is 4.84. The minimum Gasteiger partial charge on any atom is -0.465 e. The van der Waals surface area contributed by atoms with Gasteiger partial charge in [-0.15, -0.1) is 0 Å². The number of methoxy groups -OCH3 is 1. The van der Waals surface area contributed by atoms with Crippen LogP contribution in [0.15, 0.2) is 72.8 Å². The molecule has 10 heteroatoms. The summed E-state index contributed by atoms with van der Waals surface area (Å²) in [7, 11) is 1.28. The number of ether oxygens (including phenoxy) is 2. The molecule has 0 aromatic heterocycles. The van der Waals surface area contributed by atoms with E-state index in [1.165, 1.54) is 7.11 Å². The third kappa shape index (κ3) is 6.30.